The van der Waals surface area contributed by atoms with Gasteiger partial charge in [0.15, 0.2) is 0 Å². The van der Waals surface area contributed by atoms with Crippen molar-refractivity contribution in [2.75, 3.05) is 36.9 Å². The van der Waals surface area contributed by atoms with Crippen LogP contribution in [-0.2, 0) is 34.6 Å². The summed E-state index contributed by atoms with van der Waals surface area (Å²) in [5.41, 5.74) is 4.47. The van der Waals surface area contributed by atoms with Crippen molar-refractivity contribution in [3.05, 3.63) is 23.9 Å². The highest BCUT2D eigenvalue weighted by Gasteiger charge is 2.66. The fraction of sp³-hybridized carbons (Fsp3) is 0.788. The maximum Gasteiger partial charge on any atom is 0.265 e. The van der Waals surface area contributed by atoms with E-state index in [-0.39, 0.29) is 40.3 Å². The molecule has 1 saturated heterocycles. The van der Waals surface area contributed by atoms with Crippen molar-refractivity contribution in [3.63, 3.8) is 0 Å². The first-order valence-electron chi connectivity index (χ1n) is 16.6. The van der Waals surface area contributed by atoms with E-state index >= 15 is 0 Å². The summed E-state index contributed by atoms with van der Waals surface area (Å²) < 4.78 is 67.8. The van der Waals surface area contributed by atoms with Gasteiger partial charge in [0, 0.05) is 37.2 Å². The Morgan fingerprint density at radius 1 is 0.915 bits per heavy atom. The first-order valence-corrected chi connectivity index (χ1v) is 19.8. The number of Topliss-reactive ketones (excluding diaryl/α,β-unsaturated/α-hetero) is 2. The van der Waals surface area contributed by atoms with Gasteiger partial charge in [-0.05, 0) is 74.3 Å². The number of rotatable bonds is 7. The smallest absolute Gasteiger partial charge is 0.265 e. The average Bonchev–Trinajstić information content (AvgIpc) is 3.47. The molecule has 4 saturated carbocycles. The van der Waals surface area contributed by atoms with Gasteiger partial charge in [-0.1, -0.05) is 40.7 Å². The third-order valence-electron chi connectivity index (χ3n) is 12.4. The van der Waals surface area contributed by atoms with Crippen LogP contribution < -0.4 is 5.73 Å². The van der Waals surface area contributed by atoms with Gasteiger partial charge >= 0.3 is 0 Å². The molecule has 4 aliphatic carbocycles. The van der Waals surface area contributed by atoms with Gasteiger partial charge < -0.3 is 10.5 Å². The van der Waals surface area contributed by atoms with Gasteiger partial charge in [0.25, 0.3) is 20.2 Å². The zero-order valence-corrected chi connectivity index (χ0v) is 30.2. The van der Waals surface area contributed by atoms with E-state index in [9.17, 15) is 26.4 Å². The van der Waals surface area contributed by atoms with Crippen LogP contribution in [0.1, 0.15) is 98.2 Å². The second-order valence-corrected chi connectivity index (χ2v) is 18.4. The van der Waals surface area contributed by atoms with Gasteiger partial charge in [-0.3, -0.25) is 23.6 Å². The van der Waals surface area contributed by atoms with Crippen molar-refractivity contribution >= 4 is 37.6 Å². The highest BCUT2D eigenvalue weighted by molar-refractivity contribution is 7.86. The lowest BCUT2D eigenvalue weighted by Crippen LogP contribution is -2.45. The second-order valence-electron chi connectivity index (χ2n) is 15.5. The zero-order valence-electron chi connectivity index (χ0n) is 28.6. The largest absolute Gasteiger partial charge is 0.384 e. The number of nitrogens with zero attached hydrogens (tertiary/aromatic N) is 2. The second kappa shape index (κ2) is 13.4. The van der Waals surface area contributed by atoms with Crippen molar-refractivity contribution in [3.8, 4) is 0 Å². The summed E-state index contributed by atoms with van der Waals surface area (Å²) in [6, 6.07) is 4.35. The highest BCUT2D eigenvalue weighted by atomic mass is 32.2. The van der Waals surface area contributed by atoms with Crippen molar-refractivity contribution in [2.24, 2.45) is 33.5 Å². The Morgan fingerprint density at radius 3 is 1.74 bits per heavy atom. The van der Waals surface area contributed by atoms with Crippen LogP contribution in [0, 0.1) is 33.5 Å². The monoisotopic (exact) mass is 699 g/mol. The summed E-state index contributed by atoms with van der Waals surface area (Å²) in [6.07, 6.45) is 7.07. The minimum Gasteiger partial charge on any atom is -0.384 e. The number of pyridine rings is 1. The Labute approximate surface area is 280 Å². The number of carbonyl (C=O) groups excluding carboxylic acids is 2. The molecule has 47 heavy (non-hydrogen) atoms. The Morgan fingerprint density at radius 2 is 1.40 bits per heavy atom. The molecule has 1 aromatic rings. The van der Waals surface area contributed by atoms with Crippen LogP contribution in [0.4, 0.5) is 5.82 Å². The van der Waals surface area contributed by atoms with Crippen molar-refractivity contribution in [1.29, 1.82) is 0 Å². The molecule has 0 spiro atoms. The van der Waals surface area contributed by atoms with Crippen LogP contribution in [0.25, 0.3) is 0 Å². The van der Waals surface area contributed by atoms with Crippen molar-refractivity contribution in [1.82, 2.24) is 9.88 Å². The molecule has 2 heterocycles. The van der Waals surface area contributed by atoms with E-state index in [0.29, 0.717) is 37.5 Å². The number of hydrogen-bond donors (Lipinski definition) is 3. The number of fused-ring (bicyclic) bond motifs is 4. The molecule has 5 fully saturated rings. The molecule has 0 amide bonds. The number of hydrogen-bond acceptors (Lipinski definition) is 10. The third-order valence-corrected chi connectivity index (χ3v) is 14.1. The molecule has 0 radical (unpaired) electrons. The van der Waals surface area contributed by atoms with Crippen LogP contribution in [-0.4, -0.2) is 84.6 Å². The first kappa shape index (κ1) is 37.8. The van der Waals surface area contributed by atoms with E-state index in [2.05, 4.69) is 23.7 Å². The van der Waals surface area contributed by atoms with Crippen LogP contribution >= 0.6 is 0 Å². The summed E-state index contributed by atoms with van der Waals surface area (Å²) in [6.45, 7) is 15.1. The summed E-state index contributed by atoms with van der Waals surface area (Å²) in [7, 11) is -8.15. The fourth-order valence-electron chi connectivity index (χ4n) is 9.05. The predicted molar refractivity (Wildman–Crippen MR) is 179 cm³/mol. The molecule has 6 rings (SSSR count). The SMILES string of the molecule is CC1(C)[C@@H]2CC[C@@]1(CS(=O)(=O)O)C(=O)C2.CC1(C)[C@@H]2CC[C@@]1(CS(=O)(=O)O)C(=O)C2.CCCN1C[C@@H](c2ccc(N)nc2)OC[C@@H]1C. The van der Waals surface area contributed by atoms with Crippen molar-refractivity contribution in [2.45, 2.75) is 98.6 Å². The number of anilines is 1. The number of aromatic nitrogens is 1. The Hall–Kier alpha value is -1.97. The number of ketones is 2. The lowest BCUT2D eigenvalue weighted by molar-refractivity contribution is -0.128. The molecule has 266 valence electrons. The molecule has 6 atom stereocenters. The topological polar surface area (TPSA) is 194 Å². The van der Waals surface area contributed by atoms with Gasteiger partial charge in [-0.2, -0.15) is 16.8 Å². The van der Waals surface area contributed by atoms with Gasteiger partial charge in [0.2, 0.25) is 0 Å². The third kappa shape index (κ3) is 7.47. The van der Waals surface area contributed by atoms with Gasteiger partial charge in [0.05, 0.1) is 35.0 Å². The Balaban J connectivity index is 0.000000160. The summed E-state index contributed by atoms with van der Waals surface area (Å²) in [5, 5.41) is 0. The number of morpholine rings is 1. The number of ether oxygens (including phenoxy) is 1. The number of nitrogen functional groups attached to an aromatic ring is 1. The van der Waals surface area contributed by atoms with Crippen LogP contribution in [0.5, 0.6) is 0 Å². The number of carbonyl (C=O) groups is 2. The average molecular weight is 700 g/mol. The van der Waals surface area contributed by atoms with E-state index in [1.54, 1.807) is 0 Å². The molecular formula is C33H53N3O9S2. The standard InChI is InChI=1S/C13H21N3O.2C10H16O4S/c1-3-6-16-8-12(17-9-10(16)2)11-4-5-13(14)15-7-11;2*1-9(2)7-3-4-10(9,8(11)5-7)6-15(12,13)14/h4-5,7,10,12H,3,6,8-9H2,1-2H3,(H2,14,15);2*7H,3-6H2,1-2H3,(H,12,13,14)/t10-,12-;2*7-,10-/m011/s1. The number of nitrogens with two attached hydrogens (primary N) is 1. The zero-order chi connectivity index (χ0) is 35.2. The molecule has 4 bridgehead atoms. The van der Waals surface area contributed by atoms with Crippen LogP contribution in [0.3, 0.4) is 0 Å². The normalized spacial score (nSPS) is 34.0. The van der Waals surface area contributed by atoms with Crippen molar-refractivity contribution < 1.29 is 40.3 Å². The van der Waals surface area contributed by atoms with Gasteiger partial charge in [-0.15, -0.1) is 0 Å². The van der Waals surface area contributed by atoms with Crippen LogP contribution in [0.15, 0.2) is 18.3 Å². The van der Waals surface area contributed by atoms with Crippen LogP contribution in [0.2, 0.25) is 0 Å². The lowest BCUT2D eigenvalue weighted by atomic mass is 9.70. The van der Waals surface area contributed by atoms with Gasteiger partial charge in [0.1, 0.15) is 17.4 Å². The van der Waals surface area contributed by atoms with E-state index in [4.69, 9.17) is 19.6 Å². The molecule has 1 aromatic heterocycles. The summed E-state index contributed by atoms with van der Waals surface area (Å²) in [5.74, 6) is 0.356. The maximum atomic E-state index is 11.9. The molecule has 5 aliphatic rings. The van der Waals surface area contributed by atoms with E-state index in [0.717, 1.165) is 38.1 Å². The first-order chi connectivity index (χ1) is 21.6. The molecule has 0 aromatic carbocycles. The Bertz CT molecular complexity index is 1460. The fourth-order valence-corrected chi connectivity index (χ4v) is 11.7. The molecular weight excluding hydrogens is 647 g/mol. The van der Waals surface area contributed by atoms with E-state index in [1.807, 2.05) is 46.0 Å². The Kier molecular flexibility index (Phi) is 10.8. The van der Waals surface area contributed by atoms with E-state index < -0.39 is 42.6 Å². The summed E-state index contributed by atoms with van der Waals surface area (Å²) in [4.78, 5) is 30.4. The molecule has 1 aliphatic heterocycles. The molecule has 0 unspecified atom stereocenters. The minimum absolute atomic E-state index is 0.0152. The summed E-state index contributed by atoms with van der Waals surface area (Å²) >= 11 is 0. The quantitative estimate of drug-likeness (QED) is 0.341. The highest BCUT2D eigenvalue weighted by Crippen LogP contribution is 2.65. The minimum atomic E-state index is -4.08. The maximum absolute atomic E-state index is 11.9. The predicted octanol–water partition coefficient (Wildman–Crippen LogP) is 4.37. The molecule has 4 N–H and O–H groups in total. The molecule has 12 nitrogen and oxygen atoms in total. The molecule has 14 heteroatoms. The lowest BCUT2D eigenvalue weighted by Gasteiger charge is -2.38. The van der Waals surface area contributed by atoms with E-state index in [1.165, 1.54) is 6.42 Å². The van der Waals surface area contributed by atoms with Gasteiger partial charge in [-0.25, -0.2) is 4.98 Å².